The molecule has 0 amide bonds. The molecule has 0 bridgehead atoms. The van der Waals surface area contributed by atoms with E-state index < -0.39 is 29.4 Å². The normalized spacial score (nSPS) is 18.2. The topological polar surface area (TPSA) is 145 Å². The van der Waals surface area contributed by atoms with Crippen LogP contribution in [-0.2, 0) is 26.9 Å². The summed E-state index contributed by atoms with van der Waals surface area (Å²) in [7, 11) is 3.28. The number of alkyl halides is 3. The quantitative estimate of drug-likeness (QED) is 0.309. The number of carbonyl (C=O) groups excluding carboxylic acids is 1. The highest BCUT2D eigenvalue weighted by atomic mass is 19.4. The molecule has 2 aliphatic heterocycles. The number of benzene rings is 2. The Hall–Kier alpha value is -4.90. The van der Waals surface area contributed by atoms with Crippen molar-refractivity contribution < 1.29 is 32.6 Å². The van der Waals surface area contributed by atoms with Crippen molar-refractivity contribution in [1.82, 2.24) is 19.7 Å². The molecule has 3 aromatic rings. The first-order valence-corrected chi connectivity index (χ1v) is 13.7. The summed E-state index contributed by atoms with van der Waals surface area (Å²) in [6, 6.07) is 10.9. The van der Waals surface area contributed by atoms with Gasteiger partial charge in [-0.2, -0.15) is 18.4 Å². The molecule has 1 saturated heterocycles. The monoisotopic (exact) mass is 612 g/mol. The molecule has 5 rings (SSSR count). The number of carbonyl (C=O) groups is 2. The smallest absolute Gasteiger partial charge is 0.416 e. The number of aromatic nitrogens is 3. The Kier molecular flexibility index (Phi) is 9.59. The predicted octanol–water partition coefficient (Wildman–Crippen LogP) is 4.24. The first-order chi connectivity index (χ1) is 20.9. The molecule has 2 aliphatic rings. The largest absolute Gasteiger partial charge is 0.483 e. The van der Waals surface area contributed by atoms with Gasteiger partial charge in [-0.15, -0.1) is 5.10 Å². The number of hydrogen-bond donors (Lipinski definition) is 2. The number of nitrogens with zero attached hydrogens (tertiary/aromatic N) is 5. The number of carboxylic acid groups (broad SMARTS) is 1. The summed E-state index contributed by atoms with van der Waals surface area (Å²) < 4.78 is 47.1. The fourth-order valence-electron chi connectivity index (χ4n) is 5.86. The molecular formula is C30H31F3N6O5. The van der Waals surface area contributed by atoms with Crippen LogP contribution in [-0.4, -0.2) is 64.5 Å². The van der Waals surface area contributed by atoms with E-state index in [4.69, 9.17) is 14.6 Å². The highest BCUT2D eigenvalue weighted by Crippen LogP contribution is 2.44. The van der Waals surface area contributed by atoms with Crippen molar-refractivity contribution in [3.63, 3.8) is 0 Å². The van der Waals surface area contributed by atoms with Crippen molar-refractivity contribution in [3.05, 3.63) is 86.5 Å². The minimum atomic E-state index is -4.60. The summed E-state index contributed by atoms with van der Waals surface area (Å²) in [5.41, 5.74) is 0.724. The third-order valence-corrected chi connectivity index (χ3v) is 7.86. The van der Waals surface area contributed by atoms with Crippen molar-refractivity contribution in [2.75, 3.05) is 32.1 Å². The number of allylic oxidation sites excluding steroid dienone is 1. The highest BCUT2D eigenvalue weighted by Gasteiger charge is 2.41. The highest BCUT2D eigenvalue weighted by molar-refractivity contribution is 5.93. The van der Waals surface area contributed by atoms with Crippen LogP contribution in [0.2, 0.25) is 0 Å². The summed E-state index contributed by atoms with van der Waals surface area (Å²) in [5, 5.41) is 23.1. The molecule has 0 radical (unpaired) electrons. The number of nitrogens with one attached hydrogen (secondary N) is 1. The van der Waals surface area contributed by atoms with Crippen LogP contribution in [0.1, 0.15) is 48.1 Å². The minimum absolute atomic E-state index is 0.0252. The SMILES string of the molecule is COC(=O)C1=C(C)N(c2cccc(C(F)(F)F)c2)c2n[nH]c(=O)n2[C@@H]1c1ccc(C#N)cc1CCC1CCN(C)C1.O=CO. The standard InChI is InChI=1S/C29H29F3N6O3.CH2O2/c1-17-24(26(39)41-3)25(23-10-8-19(15-33)13-20(23)9-7-18-11-12-36(2)16-18)38-27(34-35-28(38)40)37(17)22-6-4-5-21(14-22)29(30,31)32;2-1-3/h4-6,8,10,13-14,18,25H,7,9,11-12,16H2,1-3H3,(H,35,40);1H,(H,2,3)/t18?,25-;/m1./s1. The Morgan fingerprint density at radius 3 is 2.61 bits per heavy atom. The number of H-pyrrole nitrogens is 1. The molecule has 1 aromatic heterocycles. The van der Waals surface area contributed by atoms with E-state index in [-0.39, 0.29) is 29.4 Å². The number of ether oxygens (including phenoxy) is 1. The summed E-state index contributed by atoms with van der Waals surface area (Å²) in [5.74, 6) is -0.251. The van der Waals surface area contributed by atoms with Gasteiger partial charge in [-0.1, -0.05) is 12.1 Å². The lowest BCUT2D eigenvalue weighted by atomic mass is 9.87. The molecule has 2 aromatic carbocycles. The van der Waals surface area contributed by atoms with Crippen molar-refractivity contribution in [1.29, 1.82) is 5.26 Å². The van der Waals surface area contributed by atoms with Crippen molar-refractivity contribution in [3.8, 4) is 6.07 Å². The predicted molar refractivity (Wildman–Crippen MR) is 153 cm³/mol. The number of rotatable bonds is 6. The van der Waals surface area contributed by atoms with Gasteiger partial charge in [-0.05, 0) is 87.2 Å². The summed E-state index contributed by atoms with van der Waals surface area (Å²) in [6.07, 6.45) is -2.10. The van der Waals surface area contributed by atoms with Crippen LogP contribution >= 0.6 is 0 Å². The molecule has 14 heteroatoms. The van der Waals surface area contributed by atoms with Gasteiger partial charge >= 0.3 is 17.8 Å². The zero-order valence-corrected chi connectivity index (χ0v) is 24.3. The fraction of sp³-hybridized carbons (Fsp3) is 0.367. The molecule has 11 nitrogen and oxygen atoms in total. The van der Waals surface area contributed by atoms with Crippen LogP contribution in [0.5, 0.6) is 0 Å². The minimum Gasteiger partial charge on any atom is -0.483 e. The van der Waals surface area contributed by atoms with Crippen LogP contribution in [0.3, 0.4) is 0 Å². The van der Waals surface area contributed by atoms with Crippen LogP contribution in [0.25, 0.3) is 0 Å². The van der Waals surface area contributed by atoms with Crippen LogP contribution in [0.15, 0.2) is 58.5 Å². The second kappa shape index (κ2) is 13.2. The van der Waals surface area contributed by atoms with Gasteiger partial charge in [0.25, 0.3) is 6.47 Å². The Balaban J connectivity index is 0.00000141. The summed E-state index contributed by atoms with van der Waals surface area (Å²) >= 11 is 0. The summed E-state index contributed by atoms with van der Waals surface area (Å²) in [4.78, 5) is 38.6. The molecule has 0 saturated carbocycles. The molecular weight excluding hydrogens is 581 g/mol. The van der Waals surface area contributed by atoms with E-state index in [1.54, 1.807) is 25.1 Å². The van der Waals surface area contributed by atoms with Crippen molar-refractivity contribution in [2.24, 2.45) is 5.92 Å². The van der Waals surface area contributed by atoms with Gasteiger partial charge in [0.05, 0.1) is 29.9 Å². The van der Waals surface area contributed by atoms with Crippen LogP contribution in [0.4, 0.5) is 24.8 Å². The zero-order valence-electron chi connectivity index (χ0n) is 24.3. The molecule has 232 valence electrons. The third kappa shape index (κ3) is 6.37. The Bertz CT molecular complexity index is 1670. The van der Waals surface area contributed by atoms with Gasteiger partial charge < -0.3 is 14.7 Å². The maximum absolute atomic E-state index is 13.6. The number of esters is 1. The van der Waals surface area contributed by atoms with Crippen LogP contribution < -0.4 is 10.6 Å². The third-order valence-electron chi connectivity index (χ3n) is 7.86. The van der Waals surface area contributed by atoms with Gasteiger partial charge in [-0.25, -0.2) is 19.3 Å². The molecule has 2 N–H and O–H groups in total. The Morgan fingerprint density at radius 2 is 2.00 bits per heavy atom. The molecule has 1 fully saturated rings. The maximum Gasteiger partial charge on any atom is 0.416 e. The number of likely N-dealkylation sites (tertiary alicyclic amines) is 1. The van der Waals surface area contributed by atoms with Crippen molar-refractivity contribution in [2.45, 2.75) is 38.4 Å². The average molecular weight is 613 g/mol. The number of fused-ring (bicyclic) bond motifs is 1. The van der Waals surface area contributed by atoms with E-state index in [1.165, 1.54) is 28.7 Å². The van der Waals surface area contributed by atoms with E-state index >= 15 is 0 Å². The van der Waals surface area contributed by atoms with Gasteiger partial charge in [0.2, 0.25) is 5.95 Å². The Labute approximate surface area is 250 Å². The van der Waals surface area contributed by atoms with Crippen molar-refractivity contribution >= 4 is 24.1 Å². The lowest BCUT2D eigenvalue weighted by molar-refractivity contribution is -0.138. The molecule has 3 heterocycles. The van der Waals surface area contributed by atoms with Gasteiger partial charge in [0, 0.05) is 17.9 Å². The van der Waals surface area contributed by atoms with E-state index in [0.29, 0.717) is 23.5 Å². The molecule has 2 atom stereocenters. The second-order valence-corrected chi connectivity index (χ2v) is 10.6. The number of hydrogen-bond acceptors (Lipinski definition) is 8. The van der Waals surface area contributed by atoms with Crippen LogP contribution in [0, 0.1) is 17.2 Å². The lowest BCUT2D eigenvalue weighted by Crippen LogP contribution is -2.38. The average Bonchev–Trinajstić information content (AvgIpc) is 3.59. The van der Waals surface area contributed by atoms with Gasteiger partial charge in [0.15, 0.2) is 0 Å². The number of halogens is 3. The maximum atomic E-state index is 13.6. The number of aromatic amines is 1. The number of anilines is 2. The summed E-state index contributed by atoms with van der Waals surface area (Å²) in [6.45, 7) is 3.30. The lowest BCUT2D eigenvalue weighted by Gasteiger charge is -2.36. The second-order valence-electron chi connectivity index (χ2n) is 10.6. The molecule has 44 heavy (non-hydrogen) atoms. The first kappa shape index (κ1) is 32.0. The van der Waals surface area contributed by atoms with E-state index in [0.717, 1.165) is 43.6 Å². The fourth-order valence-corrected chi connectivity index (χ4v) is 5.86. The molecule has 0 spiro atoms. The number of aryl methyl sites for hydroxylation is 1. The first-order valence-electron chi connectivity index (χ1n) is 13.7. The van der Waals surface area contributed by atoms with E-state index in [2.05, 4.69) is 28.2 Å². The Morgan fingerprint density at radius 1 is 1.27 bits per heavy atom. The van der Waals surface area contributed by atoms with Gasteiger partial charge in [-0.3, -0.25) is 9.69 Å². The van der Waals surface area contributed by atoms with E-state index in [9.17, 15) is 28.0 Å². The van der Waals surface area contributed by atoms with Gasteiger partial charge in [0.1, 0.15) is 6.04 Å². The molecule has 0 aliphatic carbocycles. The number of methoxy groups -OCH3 is 1. The van der Waals surface area contributed by atoms with E-state index in [1.807, 2.05) is 0 Å². The zero-order chi connectivity index (χ0) is 32.2. The molecule has 1 unspecified atom stereocenters. The number of nitriles is 1.